The third kappa shape index (κ3) is 7.77. The van der Waals surface area contributed by atoms with E-state index in [0.717, 1.165) is 45.6 Å². The van der Waals surface area contributed by atoms with Gasteiger partial charge < -0.3 is 10.2 Å². The Balaban J connectivity index is 1.70. The van der Waals surface area contributed by atoms with Crippen LogP contribution in [0.15, 0.2) is 88.2 Å². The van der Waals surface area contributed by atoms with Crippen LogP contribution < -0.4 is 9.62 Å². The van der Waals surface area contributed by atoms with Crippen LogP contribution in [0.25, 0.3) is 0 Å². The molecule has 3 aromatic carbocycles. The maximum Gasteiger partial charge on any atom is 0.264 e. The SMILES string of the molecule is CC[C@H](C(=O)NC1CCCCC1)N(Cc1ccccc1C)C(=O)CN(c1ccc(Br)cc1)S(=O)(=O)c1ccccc1. The summed E-state index contributed by atoms with van der Waals surface area (Å²) in [5, 5.41) is 3.18. The highest BCUT2D eigenvalue weighted by molar-refractivity contribution is 9.10. The van der Waals surface area contributed by atoms with E-state index in [1.54, 1.807) is 47.4 Å². The predicted molar refractivity (Wildman–Crippen MR) is 166 cm³/mol. The molecule has 1 atom stereocenters. The lowest BCUT2D eigenvalue weighted by molar-refractivity contribution is -0.140. The van der Waals surface area contributed by atoms with Crippen LogP contribution in [0.2, 0.25) is 0 Å². The fraction of sp³-hybridized carbons (Fsp3) is 0.375. The third-order valence-corrected chi connectivity index (χ3v) is 9.98. The van der Waals surface area contributed by atoms with Crippen LogP contribution in [0.3, 0.4) is 0 Å². The van der Waals surface area contributed by atoms with E-state index in [0.29, 0.717) is 12.1 Å². The lowest BCUT2D eigenvalue weighted by atomic mass is 9.95. The molecule has 0 unspecified atom stereocenters. The molecule has 1 aliphatic rings. The molecule has 0 radical (unpaired) electrons. The summed E-state index contributed by atoms with van der Waals surface area (Å²) >= 11 is 3.41. The molecule has 0 aromatic heterocycles. The highest BCUT2D eigenvalue weighted by Gasteiger charge is 2.34. The normalized spacial score (nSPS) is 14.7. The summed E-state index contributed by atoms with van der Waals surface area (Å²) < 4.78 is 29.7. The molecular formula is C32H38BrN3O4S. The highest BCUT2D eigenvalue weighted by Crippen LogP contribution is 2.27. The van der Waals surface area contributed by atoms with Crippen molar-refractivity contribution in [2.75, 3.05) is 10.8 Å². The van der Waals surface area contributed by atoms with Crippen molar-refractivity contribution < 1.29 is 18.0 Å². The summed E-state index contributed by atoms with van der Waals surface area (Å²) in [4.78, 5) is 29.5. The van der Waals surface area contributed by atoms with Gasteiger partial charge in [0.2, 0.25) is 11.8 Å². The number of rotatable bonds is 11. The molecule has 3 aromatic rings. The fourth-order valence-electron chi connectivity index (χ4n) is 5.29. The van der Waals surface area contributed by atoms with Gasteiger partial charge in [0.1, 0.15) is 12.6 Å². The van der Waals surface area contributed by atoms with Gasteiger partial charge in [0.05, 0.1) is 10.6 Å². The van der Waals surface area contributed by atoms with Crippen molar-refractivity contribution in [3.63, 3.8) is 0 Å². The van der Waals surface area contributed by atoms with Gasteiger partial charge in [-0.3, -0.25) is 13.9 Å². The zero-order chi connectivity index (χ0) is 29.4. The molecule has 1 fully saturated rings. The Morgan fingerprint density at radius 2 is 1.56 bits per heavy atom. The van der Waals surface area contributed by atoms with Crippen molar-refractivity contribution in [2.45, 2.75) is 75.9 Å². The molecule has 41 heavy (non-hydrogen) atoms. The minimum atomic E-state index is -4.08. The van der Waals surface area contributed by atoms with Gasteiger partial charge in [-0.05, 0) is 73.7 Å². The van der Waals surface area contributed by atoms with Gasteiger partial charge in [-0.1, -0.05) is 84.6 Å². The van der Waals surface area contributed by atoms with E-state index in [4.69, 9.17) is 0 Å². The number of hydrogen-bond acceptors (Lipinski definition) is 4. The van der Waals surface area contributed by atoms with Crippen LogP contribution >= 0.6 is 15.9 Å². The average Bonchev–Trinajstić information content (AvgIpc) is 2.98. The topological polar surface area (TPSA) is 86.8 Å². The second-order valence-corrected chi connectivity index (χ2v) is 13.3. The Bertz CT molecular complexity index is 1420. The number of aryl methyl sites for hydroxylation is 1. The second-order valence-electron chi connectivity index (χ2n) is 10.5. The van der Waals surface area contributed by atoms with E-state index in [1.165, 1.54) is 18.6 Å². The van der Waals surface area contributed by atoms with Crippen LogP contribution in [0.1, 0.15) is 56.6 Å². The third-order valence-electron chi connectivity index (χ3n) is 7.66. The molecule has 2 amide bonds. The number of nitrogens with one attached hydrogen (secondary N) is 1. The monoisotopic (exact) mass is 639 g/mol. The molecule has 9 heteroatoms. The van der Waals surface area contributed by atoms with Crippen molar-refractivity contribution in [3.8, 4) is 0 Å². The van der Waals surface area contributed by atoms with E-state index < -0.39 is 28.5 Å². The van der Waals surface area contributed by atoms with E-state index in [2.05, 4.69) is 21.2 Å². The molecule has 218 valence electrons. The minimum absolute atomic E-state index is 0.0863. The van der Waals surface area contributed by atoms with Gasteiger partial charge in [-0.25, -0.2) is 8.42 Å². The molecule has 0 bridgehead atoms. The average molecular weight is 641 g/mol. The summed E-state index contributed by atoms with van der Waals surface area (Å²) in [5.41, 5.74) is 2.27. The summed E-state index contributed by atoms with van der Waals surface area (Å²) in [6.45, 7) is 3.60. The zero-order valence-corrected chi connectivity index (χ0v) is 26.0. The van der Waals surface area contributed by atoms with Crippen molar-refractivity contribution >= 4 is 43.5 Å². The van der Waals surface area contributed by atoms with E-state index in [1.807, 2.05) is 38.1 Å². The number of sulfonamides is 1. The quantitative estimate of drug-likeness (QED) is 0.270. The first-order chi connectivity index (χ1) is 19.7. The fourth-order valence-corrected chi connectivity index (χ4v) is 6.99. The largest absolute Gasteiger partial charge is 0.352 e. The molecule has 1 saturated carbocycles. The molecule has 1 N–H and O–H groups in total. The molecule has 7 nitrogen and oxygen atoms in total. The Morgan fingerprint density at radius 3 is 2.20 bits per heavy atom. The highest BCUT2D eigenvalue weighted by atomic mass is 79.9. The molecule has 0 heterocycles. The van der Waals surface area contributed by atoms with Crippen molar-refractivity contribution in [1.29, 1.82) is 0 Å². The first kappa shape index (κ1) is 30.8. The summed E-state index contributed by atoms with van der Waals surface area (Å²) in [5.74, 6) is -0.635. The molecule has 0 aliphatic heterocycles. The standard InChI is InChI=1S/C32H38BrN3O4S/c1-3-30(32(38)34-27-14-6-4-7-15-27)35(22-25-13-11-10-12-24(25)2)31(37)23-36(28-20-18-26(33)19-21-28)41(39,40)29-16-8-5-9-17-29/h5,8-13,16-21,27,30H,3-4,6-7,14-15,22-23H2,1-2H3,(H,34,38)/t30-/m1/s1. The summed E-state index contributed by atoms with van der Waals surface area (Å²) in [6.07, 6.45) is 5.59. The van der Waals surface area contributed by atoms with E-state index >= 15 is 0 Å². The van der Waals surface area contributed by atoms with Crippen molar-refractivity contribution in [3.05, 3.63) is 94.5 Å². The number of anilines is 1. The number of carbonyl (C=O) groups excluding carboxylic acids is 2. The Hall–Kier alpha value is -3.17. The molecular weight excluding hydrogens is 602 g/mol. The van der Waals surface area contributed by atoms with Crippen molar-refractivity contribution in [2.24, 2.45) is 0 Å². The number of nitrogens with zero attached hydrogens (tertiary/aromatic N) is 2. The van der Waals surface area contributed by atoms with E-state index in [-0.39, 0.29) is 23.4 Å². The smallest absolute Gasteiger partial charge is 0.264 e. The summed E-state index contributed by atoms with van der Waals surface area (Å²) in [7, 11) is -4.08. The summed E-state index contributed by atoms with van der Waals surface area (Å²) in [6, 6.07) is 22.0. The minimum Gasteiger partial charge on any atom is -0.352 e. The maximum atomic E-state index is 14.2. The zero-order valence-electron chi connectivity index (χ0n) is 23.6. The van der Waals surface area contributed by atoms with Crippen LogP contribution in [-0.4, -0.2) is 43.8 Å². The van der Waals surface area contributed by atoms with Crippen LogP contribution in [0, 0.1) is 6.92 Å². The van der Waals surface area contributed by atoms with Gasteiger partial charge >= 0.3 is 0 Å². The Kier molecular flexibility index (Phi) is 10.6. The number of carbonyl (C=O) groups is 2. The van der Waals surface area contributed by atoms with Gasteiger partial charge in [0, 0.05) is 17.1 Å². The lowest BCUT2D eigenvalue weighted by Crippen LogP contribution is -2.54. The van der Waals surface area contributed by atoms with Crippen LogP contribution in [0.4, 0.5) is 5.69 Å². The Labute approximate surface area is 252 Å². The van der Waals surface area contributed by atoms with Gasteiger partial charge in [0.15, 0.2) is 0 Å². The molecule has 1 aliphatic carbocycles. The van der Waals surface area contributed by atoms with Crippen molar-refractivity contribution in [1.82, 2.24) is 10.2 Å². The molecule has 4 rings (SSSR count). The first-order valence-corrected chi connectivity index (χ1v) is 16.4. The van der Waals surface area contributed by atoms with Crippen LogP contribution in [-0.2, 0) is 26.2 Å². The number of benzene rings is 3. The van der Waals surface area contributed by atoms with Crippen LogP contribution in [0.5, 0.6) is 0 Å². The maximum absolute atomic E-state index is 14.2. The first-order valence-electron chi connectivity index (χ1n) is 14.2. The van der Waals surface area contributed by atoms with Gasteiger partial charge in [-0.15, -0.1) is 0 Å². The second kappa shape index (κ2) is 14.1. The van der Waals surface area contributed by atoms with Gasteiger partial charge in [-0.2, -0.15) is 0 Å². The predicted octanol–water partition coefficient (Wildman–Crippen LogP) is 6.21. The number of amides is 2. The van der Waals surface area contributed by atoms with Gasteiger partial charge in [0.25, 0.3) is 10.0 Å². The number of hydrogen-bond donors (Lipinski definition) is 1. The molecule has 0 spiro atoms. The molecule has 0 saturated heterocycles. The Morgan fingerprint density at radius 1 is 0.927 bits per heavy atom. The van der Waals surface area contributed by atoms with E-state index in [9.17, 15) is 18.0 Å². The lowest BCUT2D eigenvalue weighted by Gasteiger charge is -2.34. The number of halogens is 1.